The number of ether oxygens (including phenoxy) is 2. The molecule has 1 heterocycles. The van der Waals surface area contributed by atoms with Crippen LogP contribution < -0.4 is 15.0 Å². The van der Waals surface area contributed by atoms with Crippen molar-refractivity contribution in [2.45, 2.75) is 20.4 Å². The molecule has 194 valence electrons. The second-order valence-corrected chi connectivity index (χ2v) is 9.38. The molecule has 4 rings (SSSR count). The first-order valence-electron chi connectivity index (χ1n) is 12.4. The molecule has 1 N–H and O–H groups in total. The third-order valence-electron chi connectivity index (χ3n) is 6.24. The van der Waals surface area contributed by atoms with E-state index < -0.39 is 5.97 Å². The lowest BCUT2D eigenvalue weighted by Crippen LogP contribution is -2.46. The average molecular weight is 522 g/mol. The molecule has 0 saturated carbocycles. The highest BCUT2D eigenvalue weighted by Crippen LogP contribution is 2.29. The summed E-state index contributed by atoms with van der Waals surface area (Å²) in [6, 6.07) is 21.0. The van der Waals surface area contributed by atoms with Crippen LogP contribution in [-0.4, -0.2) is 56.2 Å². The Morgan fingerprint density at radius 2 is 1.73 bits per heavy atom. The summed E-state index contributed by atoms with van der Waals surface area (Å²) < 4.78 is 10.9. The van der Waals surface area contributed by atoms with Gasteiger partial charge in [-0.2, -0.15) is 0 Å². The summed E-state index contributed by atoms with van der Waals surface area (Å²) in [7, 11) is 0. The molecule has 1 fully saturated rings. The zero-order valence-electron chi connectivity index (χ0n) is 21.2. The van der Waals surface area contributed by atoms with E-state index in [2.05, 4.69) is 39.4 Å². The molecule has 0 unspecified atom stereocenters. The molecule has 3 aromatic carbocycles. The van der Waals surface area contributed by atoms with Gasteiger partial charge in [0.15, 0.2) is 6.61 Å². The van der Waals surface area contributed by atoms with Crippen molar-refractivity contribution in [2.75, 3.05) is 49.6 Å². The number of halogens is 1. The van der Waals surface area contributed by atoms with Crippen molar-refractivity contribution >= 4 is 34.9 Å². The van der Waals surface area contributed by atoms with E-state index in [4.69, 9.17) is 21.1 Å². The fourth-order valence-corrected chi connectivity index (χ4v) is 4.57. The lowest BCUT2D eigenvalue weighted by atomic mass is 10.1. The summed E-state index contributed by atoms with van der Waals surface area (Å²) in [6.07, 6.45) is 0. The Balaban J connectivity index is 1.45. The van der Waals surface area contributed by atoms with Crippen LogP contribution in [0.5, 0.6) is 5.75 Å². The number of anilines is 2. The van der Waals surface area contributed by atoms with Crippen molar-refractivity contribution in [1.29, 1.82) is 0 Å². The number of benzene rings is 3. The SMILES string of the molecule is CCOC(=O)c1ccc(N2CCN(Cc3ccccc3)CC2)c(NC(=O)COc2ccc(Cl)cc2C)c1. The van der Waals surface area contributed by atoms with Crippen LogP contribution in [0, 0.1) is 6.92 Å². The van der Waals surface area contributed by atoms with Gasteiger partial charge in [0.25, 0.3) is 5.91 Å². The van der Waals surface area contributed by atoms with Crippen LogP contribution in [0.4, 0.5) is 11.4 Å². The molecule has 1 amide bonds. The maximum absolute atomic E-state index is 12.9. The Labute approximate surface area is 222 Å². The van der Waals surface area contributed by atoms with Gasteiger partial charge in [0.2, 0.25) is 0 Å². The molecule has 8 heteroatoms. The highest BCUT2D eigenvalue weighted by atomic mass is 35.5. The summed E-state index contributed by atoms with van der Waals surface area (Å²) in [6.45, 7) is 8.03. The predicted molar refractivity (Wildman–Crippen MR) is 147 cm³/mol. The van der Waals surface area contributed by atoms with E-state index in [0.717, 1.165) is 44.0 Å². The maximum atomic E-state index is 12.9. The fourth-order valence-electron chi connectivity index (χ4n) is 4.35. The quantitative estimate of drug-likeness (QED) is 0.392. The highest BCUT2D eigenvalue weighted by molar-refractivity contribution is 6.30. The molecule has 0 aromatic heterocycles. The van der Waals surface area contributed by atoms with E-state index in [9.17, 15) is 9.59 Å². The molecule has 1 aliphatic heterocycles. The molecular formula is C29H32ClN3O4. The molecule has 0 bridgehead atoms. The number of hydrogen-bond donors (Lipinski definition) is 1. The van der Waals surface area contributed by atoms with E-state index in [1.165, 1.54) is 5.56 Å². The van der Waals surface area contributed by atoms with Gasteiger partial charge < -0.3 is 19.7 Å². The van der Waals surface area contributed by atoms with Crippen LogP contribution in [0.15, 0.2) is 66.7 Å². The molecule has 3 aromatic rings. The van der Waals surface area contributed by atoms with Crippen LogP contribution in [0.1, 0.15) is 28.4 Å². The molecule has 37 heavy (non-hydrogen) atoms. The minimum atomic E-state index is -0.426. The van der Waals surface area contributed by atoms with Crippen molar-refractivity contribution in [3.05, 3.63) is 88.4 Å². The number of rotatable bonds is 9. The summed E-state index contributed by atoms with van der Waals surface area (Å²) in [4.78, 5) is 29.9. The van der Waals surface area contributed by atoms with E-state index in [-0.39, 0.29) is 19.1 Å². The number of hydrogen-bond acceptors (Lipinski definition) is 6. The zero-order chi connectivity index (χ0) is 26.2. The van der Waals surface area contributed by atoms with Gasteiger partial charge in [-0.1, -0.05) is 41.9 Å². The smallest absolute Gasteiger partial charge is 0.338 e. The number of aryl methyl sites for hydroxylation is 1. The molecule has 1 saturated heterocycles. The number of esters is 1. The molecule has 1 aliphatic rings. The Morgan fingerprint density at radius 1 is 0.973 bits per heavy atom. The van der Waals surface area contributed by atoms with Gasteiger partial charge in [-0.25, -0.2) is 4.79 Å². The van der Waals surface area contributed by atoms with Gasteiger partial charge in [-0.15, -0.1) is 0 Å². The number of amides is 1. The standard InChI is InChI=1S/C29H32ClN3O4/c1-3-36-29(35)23-9-11-26(33-15-13-32(14-16-33)19-22-7-5-4-6-8-22)25(18-23)31-28(34)20-37-27-12-10-24(30)17-21(27)2/h4-12,17-18H,3,13-16,19-20H2,1-2H3,(H,31,34). The van der Waals surface area contributed by atoms with E-state index in [0.29, 0.717) is 22.0 Å². The Morgan fingerprint density at radius 3 is 2.43 bits per heavy atom. The largest absolute Gasteiger partial charge is 0.483 e. The van der Waals surface area contributed by atoms with Crippen molar-refractivity contribution < 1.29 is 19.1 Å². The van der Waals surface area contributed by atoms with Gasteiger partial charge in [-0.05, 0) is 61.4 Å². The minimum absolute atomic E-state index is 0.170. The lowest BCUT2D eigenvalue weighted by Gasteiger charge is -2.37. The fraction of sp³-hybridized carbons (Fsp3) is 0.310. The van der Waals surface area contributed by atoms with Crippen LogP contribution in [0.25, 0.3) is 0 Å². The van der Waals surface area contributed by atoms with Crippen molar-refractivity contribution in [3.8, 4) is 5.75 Å². The van der Waals surface area contributed by atoms with E-state index >= 15 is 0 Å². The Hall–Kier alpha value is -3.55. The third kappa shape index (κ3) is 7.24. The summed E-state index contributed by atoms with van der Waals surface area (Å²) >= 11 is 6.01. The predicted octanol–water partition coefficient (Wildman–Crippen LogP) is 5.16. The minimum Gasteiger partial charge on any atom is -0.483 e. The molecule has 0 radical (unpaired) electrons. The first kappa shape index (κ1) is 26.5. The second-order valence-electron chi connectivity index (χ2n) is 8.95. The summed E-state index contributed by atoms with van der Waals surface area (Å²) in [5, 5.41) is 3.55. The highest BCUT2D eigenvalue weighted by Gasteiger charge is 2.22. The summed E-state index contributed by atoms with van der Waals surface area (Å²) in [5.74, 6) is -0.154. The van der Waals surface area contributed by atoms with Crippen LogP contribution in [0.3, 0.4) is 0 Å². The number of nitrogens with one attached hydrogen (secondary N) is 1. The van der Waals surface area contributed by atoms with Crippen LogP contribution in [0.2, 0.25) is 5.02 Å². The van der Waals surface area contributed by atoms with Crippen LogP contribution in [-0.2, 0) is 16.1 Å². The second kappa shape index (κ2) is 12.6. The Bertz CT molecular complexity index is 1230. The van der Waals surface area contributed by atoms with Crippen molar-refractivity contribution in [3.63, 3.8) is 0 Å². The Kier molecular flexibility index (Phi) is 9.04. The van der Waals surface area contributed by atoms with Gasteiger partial charge in [0.05, 0.1) is 23.5 Å². The van der Waals surface area contributed by atoms with Gasteiger partial charge in [0.1, 0.15) is 5.75 Å². The number of carbonyl (C=O) groups excluding carboxylic acids is 2. The first-order chi connectivity index (χ1) is 17.9. The van der Waals surface area contributed by atoms with E-state index in [1.54, 1.807) is 37.3 Å². The molecule has 0 spiro atoms. The van der Waals surface area contributed by atoms with Gasteiger partial charge >= 0.3 is 5.97 Å². The van der Waals surface area contributed by atoms with Gasteiger partial charge in [0, 0.05) is 37.7 Å². The zero-order valence-corrected chi connectivity index (χ0v) is 22.0. The number of carbonyl (C=O) groups is 2. The third-order valence-corrected chi connectivity index (χ3v) is 6.47. The normalized spacial score (nSPS) is 13.8. The molecule has 0 atom stereocenters. The van der Waals surface area contributed by atoms with Crippen molar-refractivity contribution in [1.82, 2.24) is 4.90 Å². The van der Waals surface area contributed by atoms with Crippen molar-refractivity contribution in [2.24, 2.45) is 0 Å². The molecular weight excluding hydrogens is 490 g/mol. The topological polar surface area (TPSA) is 71.1 Å². The van der Waals surface area contributed by atoms with Gasteiger partial charge in [-0.3, -0.25) is 9.69 Å². The maximum Gasteiger partial charge on any atom is 0.338 e. The first-order valence-corrected chi connectivity index (χ1v) is 12.8. The molecule has 7 nitrogen and oxygen atoms in total. The van der Waals surface area contributed by atoms with Crippen LogP contribution >= 0.6 is 11.6 Å². The average Bonchev–Trinajstić information content (AvgIpc) is 2.89. The monoisotopic (exact) mass is 521 g/mol. The number of nitrogens with zero attached hydrogens (tertiary/aromatic N) is 2. The number of piperazine rings is 1. The molecule has 0 aliphatic carbocycles. The summed E-state index contributed by atoms with van der Waals surface area (Å²) in [5.41, 5.74) is 3.95. The van der Waals surface area contributed by atoms with E-state index in [1.807, 2.05) is 19.1 Å². The lowest BCUT2D eigenvalue weighted by molar-refractivity contribution is -0.118.